The van der Waals surface area contributed by atoms with Gasteiger partial charge in [0.1, 0.15) is 5.82 Å². The van der Waals surface area contributed by atoms with Gasteiger partial charge in [-0.25, -0.2) is 4.98 Å². The van der Waals surface area contributed by atoms with Gasteiger partial charge in [0.05, 0.1) is 10.6 Å². The van der Waals surface area contributed by atoms with Crippen LogP contribution in [0.2, 0.25) is 5.02 Å². The summed E-state index contributed by atoms with van der Waals surface area (Å²) in [5, 5.41) is 6.44. The third-order valence-electron chi connectivity index (χ3n) is 2.97. The maximum absolute atomic E-state index is 12.1. The molecular weight excluding hydrogens is 274 g/mol. The highest BCUT2D eigenvalue weighted by Crippen LogP contribution is 2.18. The molecule has 0 aliphatic carbocycles. The SMILES string of the molecule is CCCCCCNC(=O)c1cc(NCCC)ncc1Cl. The van der Waals surface area contributed by atoms with Gasteiger partial charge in [0.2, 0.25) is 0 Å². The van der Waals surface area contributed by atoms with Crippen LogP contribution in [-0.4, -0.2) is 24.0 Å². The summed E-state index contributed by atoms with van der Waals surface area (Å²) in [6.07, 6.45) is 7.07. The molecule has 1 aromatic heterocycles. The third-order valence-corrected chi connectivity index (χ3v) is 3.27. The van der Waals surface area contributed by atoms with E-state index < -0.39 is 0 Å². The summed E-state index contributed by atoms with van der Waals surface area (Å²) in [5.41, 5.74) is 0.482. The van der Waals surface area contributed by atoms with Gasteiger partial charge in [-0.05, 0) is 18.9 Å². The van der Waals surface area contributed by atoms with Gasteiger partial charge in [-0.3, -0.25) is 4.79 Å². The summed E-state index contributed by atoms with van der Waals surface area (Å²) < 4.78 is 0. The molecular formula is C15H24ClN3O. The summed E-state index contributed by atoms with van der Waals surface area (Å²) in [5.74, 6) is 0.556. The molecule has 0 aliphatic rings. The van der Waals surface area contributed by atoms with Crippen LogP contribution in [0.4, 0.5) is 5.82 Å². The second kappa shape index (κ2) is 9.59. The van der Waals surface area contributed by atoms with Crippen LogP contribution >= 0.6 is 11.6 Å². The van der Waals surface area contributed by atoms with Crippen molar-refractivity contribution < 1.29 is 4.79 Å². The maximum Gasteiger partial charge on any atom is 0.252 e. The van der Waals surface area contributed by atoms with Gasteiger partial charge in [0.25, 0.3) is 5.91 Å². The van der Waals surface area contributed by atoms with E-state index in [4.69, 9.17) is 11.6 Å². The van der Waals surface area contributed by atoms with Crippen LogP contribution in [0.3, 0.4) is 0 Å². The van der Waals surface area contributed by atoms with E-state index in [1.165, 1.54) is 19.0 Å². The zero-order valence-corrected chi connectivity index (χ0v) is 13.1. The highest BCUT2D eigenvalue weighted by molar-refractivity contribution is 6.33. The molecule has 0 saturated heterocycles. The van der Waals surface area contributed by atoms with Crippen LogP contribution in [0, 0.1) is 0 Å². The van der Waals surface area contributed by atoms with E-state index in [9.17, 15) is 4.79 Å². The zero-order valence-electron chi connectivity index (χ0n) is 12.3. The molecule has 1 aromatic rings. The van der Waals surface area contributed by atoms with E-state index in [1.807, 2.05) is 0 Å². The molecule has 0 fully saturated rings. The quantitative estimate of drug-likeness (QED) is 0.680. The smallest absolute Gasteiger partial charge is 0.252 e. The Bertz CT molecular complexity index is 424. The third kappa shape index (κ3) is 5.78. The minimum atomic E-state index is -0.131. The standard InChI is InChI=1S/C15H24ClN3O/c1-3-5-6-7-9-18-15(20)12-10-14(17-8-4-2)19-11-13(12)16/h10-11H,3-9H2,1-2H3,(H,17,19)(H,18,20). The second-order valence-electron chi connectivity index (χ2n) is 4.79. The normalized spacial score (nSPS) is 10.3. The lowest BCUT2D eigenvalue weighted by atomic mass is 10.2. The van der Waals surface area contributed by atoms with Gasteiger partial charge < -0.3 is 10.6 Å². The van der Waals surface area contributed by atoms with Crippen molar-refractivity contribution in [2.45, 2.75) is 46.0 Å². The van der Waals surface area contributed by atoms with E-state index in [0.717, 1.165) is 25.8 Å². The second-order valence-corrected chi connectivity index (χ2v) is 5.20. The highest BCUT2D eigenvalue weighted by Gasteiger charge is 2.11. The van der Waals surface area contributed by atoms with Crippen molar-refractivity contribution in [1.82, 2.24) is 10.3 Å². The first-order chi connectivity index (χ1) is 9.69. The first-order valence-electron chi connectivity index (χ1n) is 7.36. The first-order valence-corrected chi connectivity index (χ1v) is 7.74. The Morgan fingerprint density at radius 3 is 2.70 bits per heavy atom. The minimum Gasteiger partial charge on any atom is -0.370 e. The number of carbonyl (C=O) groups excluding carboxylic acids is 1. The number of nitrogens with zero attached hydrogens (tertiary/aromatic N) is 1. The number of hydrogen-bond acceptors (Lipinski definition) is 3. The molecule has 0 bridgehead atoms. The number of rotatable bonds is 9. The fourth-order valence-electron chi connectivity index (χ4n) is 1.81. The Hall–Kier alpha value is -1.29. The van der Waals surface area contributed by atoms with Gasteiger partial charge in [0, 0.05) is 19.3 Å². The lowest BCUT2D eigenvalue weighted by Gasteiger charge is -2.09. The van der Waals surface area contributed by atoms with Crippen molar-refractivity contribution in [3.05, 3.63) is 22.8 Å². The molecule has 20 heavy (non-hydrogen) atoms. The Morgan fingerprint density at radius 1 is 1.20 bits per heavy atom. The van der Waals surface area contributed by atoms with Crippen molar-refractivity contribution >= 4 is 23.3 Å². The predicted octanol–water partition coefficient (Wildman–Crippen LogP) is 3.87. The molecule has 0 aromatic carbocycles. The molecule has 2 N–H and O–H groups in total. The molecule has 5 heteroatoms. The lowest BCUT2D eigenvalue weighted by molar-refractivity contribution is 0.0953. The molecule has 4 nitrogen and oxygen atoms in total. The van der Waals surface area contributed by atoms with Crippen LogP contribution in [0.15, 0.2) is 12.3 Å². The van der Waals surface area contributed by atoms with E-state index >= 15 is 0 Å². The number of halogens is 1. The van der Waals surface area contributed by atoms with Gasteiger partial charge in [0.15, 0.2) is 0 Å². The Kier molecular flexibility index (Phi) is 8.04. The van der Waals surface area contributed by atoms with Gasteiger partial charge in [-0.1, -0.05) is 44.7 Å². The Balaban J connectivity index is 2.53. The van der Waals surface area contributed by atoms with Crippen LogP contribution < -0.4 is 10.6 Å². The van der Waals surface area contributed by atoms with Crippen molar-refractivity contribution in [3.63, 3.8) is 0 Å². The largest absolute Gasteiger partial charge is 0.370 e. The molecule has 1 heterocycles. The number of amides is 1. The van der Waals surface area contributed by atoms with Gasteiger partial charge in [-0.2, -0.15) is 0 Å². The van der Waals surface area contributed by atoms with Crippen LogP contribution in [0.5, 0.6) is 0 Å². The number of unbranched alkanes of at least 4 members (excludes halogenated alkanes) is 3. The average molecular weight is 298 g/mol. The molecule has 0 atom stereocenters. The average Bonchev–Trinajstić information content (AvgIpc) is 2.46. The summed E-state index contributed by atoms with van der Waals surface area (Å²) in [4.78, 5) is 16.2. The number of carbonyl (C=O) groups is 1. The number of hydrogen-bond donors (Lipinski definition) is 2. The van der Waals surface area contributed by atoms with E-state index in [0.29, 0.717) is 22.9 Å². The molecule has 0 radical (unpaired) electrons. The van der Waals surface area contributed by atoms with Gasteiger partial charge >= 0.3 is 0 Å². The lowest BCUT2D eigenvalue weighted by Crippen LogP contribution is -2.25. The first kappa shape index (κ1) is 16.8. The Labute approximate surface area is 126 Å². The number of anilines is 1. The van der Waals surface area contributed by atoms with Crippen molar-refractivity contribution in [2.24, 2.45) is 0 Å². The fraction of sp³-hybridized carbons (Fsp3) is 0.600. The van der Waals surface area contributed by atoms with Crippen molar-refractivity contribution in [1.29, 1.82) is 0 Å². The minimum absolute atomic E-state index is 0.131. The maximum atomic E-state index is 12.1. The summed E-state index contributed by atoms with van der Waals surface area (Å²) in [6, 6.07) is 1.71. The van der Waals surface area contributed by atoms with Crippen LogP contribution in [0.25, 0.3) is 0 Å². The summed E-state index contributed by atoms with van der Waals surface area (Å²) in [6.45, 7) is 5.76. The van der Waals surface area contributed by atoms with E-state index in [1.54, 1.807) is 6.07 Å². The zero-order chi connectivity index (χ0) is 14.8. The highest BCUT2D eigenvalue weighted by atomic mass is 35.5. The molecule has 1 amide bonds. The van der Waals surface area contributed by atoms with Crippen molar-refractivity contribution in [2.75, 3.05) is 18.4 Å². The molecule has 112 valence electrons. The van der Waals surface area contributed by atoms with E-state index in [-0.39, 0.29) is 5.91 Å². The van der Waals surface area contributed by atoms with Gasteiger partial charge in [-0.15, -0.1) is 0 Å². The molecule has 1 rings (SSSR count). The summed E-state index contributed by atoms with van der Waals surface area (Å²) in [7, 11) is 0. The number of aromatic nitrogens is 1. The van der Waals surface area contributed by atoms with Crippen molar-refractivity contribution in [3.8, 4) is 0 Å². The predicted molar refractivity (Wildman–Crippen MR) is 84.5 cm³/mol. The molecule has 0 spiro atoms. The van der Waals surface area contributed by atoms with E-state index in [2.05, 4.69) is 29.5 Å². The number of nitrogens with one attached hydrogen (secondary N) is 2. The molecule has 0 aliphatic heterocycles. The van der Waals surface area contributed by atoms with Crippen LogP contribution in [0.1, 0.15) is 56.3 Å². The monoisotopic (exact) mass is 297 g/mol. The topological polar surface area (TPSA) is 54.0 Å². The molecule has 0 saturated carbocycles. The van der Waals surface area contributed by atoms with Crippen LogP contribution in [-0.2, 0) is 0 Å². The Morgan fingerprint density at radius 2 is 2.00 bits per heavy atom. The summed E-state index contributed by atoms with van der Waals surface area (Å²) >= 11 is 6.04. The fourth-order valence-corrected chi connectivity index (χ4v) is 2.00. The molecule has 0 unspecified atom stereocenters. The number of pyridine rings is 1.